The molecular weight excluding hydrogens is 290 g/mol. The first-order chi connectivity index (χ1) is 10.4. The van der Waals surface area contributed by atoms with E-state index in [1.807, 2.05) is 0 Å². The van der Waals surface area contributed by atoms with Crippen LogP contribution in [-0.2, 0) is 4.79 Å². The maximum atomic E-state index is 12.4. The number of hydrogen-bond acceptors (Lipinski definition) is 5. The molecule has 0 fully saturated rings. The summed E-state index contributed by atoms with van der Waals surface area (Å²) in [6.07, 6.45) is 0.260. The van der Waals surface area contributed by atoms with E-state index in [2.05, 4.69) is 5.32 Å². The van der Waals surface area contributed by atoms with Crippen molar-refractivity contribution < 1.29 is 28.9 Å². The van der Waals surface area contributed by atoms with Crippen molar-refractivity contribution in [3.63, 3.8) is 0 Å². The number of amides is 1. The minimum Gasteiger partial charge on any atom is -0.493 e. The molecule has 0 aromatic heterocycles. The molecule has 1 aliphatic rings. The van der Waals surface area contributed by atoms with E-state index < -0.39 is 17.4 Å². The molecule has 2 N–H and O–H groups in total. The predicted octanol–water partition coefficient (Wildman–Crippen LogP) is 1.45. The van der Waals surface area contributed by atoms with Gasteiger partial charge in [0.1, 0.15) is 18.8 Å². The number of carboxylic acid groups (broad SMARTS) is 1. The first kappa shape index (κ1) is 15.9. The molecule has 1 aromatic carbocycles. The normalized spacial score (nSPS) is 15.6. The van der Waals surface area contributed by atoms with Gasteiger partial charge in [-0.15, -0.1) is 0 Å². The van der Waals surface area contributed by atoms with E-state index in [0.29, 0.717) is 30.5 Å². The largest absolute Gasteiger partial charge is 0.493 e. The molecule has 0 saturated carbocycles. The molecule has 0 spiro atoms. The molecule has 2 rings (SSSR count). The fraction of sp³-hybridized carbons (Fsp3) is 0.467. The highest BCUT2D eigenvalue weighted by Crippen LogP contribution is 2.40. The van der Waals surface area contributed by atoms with Crippen molar-refractivity contribution in [3.05, 3.63) is 17.7 Å². The van der Waals surface area contributed by atoms with Crippen molar-refractivity contribution in [3.8, 4) is 17.2 Å². The van der Waals surface area contributed by atoms with E-state index in [4.69, 9.17) is 14.2 Å². The average Bonchev–Trinajstić information content (AvgIpc) is 2.53. The Labute approximate surface area is 128 Å². The molecule has 1 heterocycles. The smallest absolute Gasteiger partial charge is 0.329 e. The van der Waals surface area contributed by atoms with Crippen molar-refractivity contribution in [2.75, 3.05) is 20.3 Å². The lowest BCUT2D eigenvalue weighted by Crippen LogP contribution is -2.51. The third-order valence-corrected chi connectivity index (χ3v) is 3.66. The van der Waals surface area contributed by atoms with Crippen molar-refractivity contribution in [1.82, 2.24) is 5.32 Å². The van der Waals surface area contributed by atoms with Gasteiger partial charge in [0.15, 0.2) is 11.5 Å². The summed E-state index contributed by atoms with van der Waals surface area (Å²) in [6, 6.07) is 3.02. The van der Waals surface area contributed by atoms with Crippen LogP contribution in [0.15, 0.2) is 12.1 Å². The average molecular weight is 309 g/mol. The Morgan fingerprint density at radius 2 is 2.05 bits per heavy atom. The topological polar surface area (TPSA) is 94.1 Å². The second-order valence-corrected chi connectivity index (χ2v) is 5.15. The van der Waals surface area contributed by atoms with Gasteiger partial charge in [-0.2, -0.15) is 0 Å². The lowest BCUT2D eigenvalue weighted by molar-refractivity contribution is -0.143. The van der Waals surface area contributed by atoms with Crippen LogP contribution < -0.4 is 19.5 Å². The summed E-state index contributed by atoms with van der Waals surface area (Å²) in [5.74, 6) is -0.378. The second kappa shape index (κ2) is 6.13. The van der Waals surface area contributed by atoms with Gasteiger partial charge in [0, 0.05) is 5.56 Å². The van der Waals surface area contributed by atoms with Crippen LogP contribution in [0.25, 0.3) is 0 Å². The number of aliphatic carboxylic acids is 1. The zero-order valence-corrected chi connectivity index (χ0v) is 12.8. The van der Waals surface area contributed by atoms with Crippen molar-refractivity contribution in [1.29, 1.82) is 0 Å². The van der Waals surface area contributed by atoms with E-state index in [-0.39, 0.29) is 12.0 Å². The third-order valence-electron chi connectivity index (χ3n) is 3.66. The quantitative estimate of drug-likeness (QED) is 0.855. The maximum Gasteiger partial charge on any atom is 0.329 e. The predicted molar refractivity (Wildman–Crippen MR) is 77.8 cm³/mol. The number of ether oxygens (including phenoxy) is 3. The molecule has 0 saturated heterocycles. The van der Waals surface area contributed by atoms with E-state index in [0.717, 1.165) is 0 Å². The Morgan fingerprint density at radius 1 is 1.36 bits per heavy atom. The molecule has 0 bridgehead atoms. The van der Waals surface area contributed by atoms with Crippen LogP contribution in [0.5, 0.6) is 17.2 Å². The Morgan fingerprint density at radius 3 is 2.64 bits per heavy atom. The standard InChI is InChI=1S/C15H19NO6/c1-4-15(2,14(18)19)16-13(17)9-7-10(20-3)12-11(8-9)21-5-6-22-12/h7-8H,4-6H2,1-3H3,(H,16,17)(H,18,19)/t15-/m1/s1. The van der Waals surface area contributed by atoms with Gasteiger partial charge in [0.2, 0.25) is 5.75 Å². The van der Waals surface area contributed by atoms with Gasteiger partial charge in [-0.25, -0.2) is 4.79 Å². The van der Waals surface area contributed by atoms with Gasteiger partial charge in [0.05, 0.1) is 7.11 Å². The highest BCUT2D eigenvalue weighted by atomic mass is 16.6. The monoisotopic (exact) mass is 309 g/mol. The van der Waals surface area contributed by atoms with Gasteiger partial charge < -0.3 is 24.6 Å². The van der Waals surface area contributed by atoms with E-state index in [1.165, 1.54) is 26.2 Å². The summed E-state index contributed by atoms with van der Waals surface area (Å²) < 4.78 is 16.1. The number of carbonyl (C=O) groups is 2. The number of carboxylic acids is 1. The van der Waals surface area contributed by atoms with Crippen LogP contribution >= 0.6 is 0 Å². The summed E-state index contributed by atoms with van der Waals surface area (Å²) in [4.78, 5) is 23.6. The molecule has 120 valence electrons. The minimum atomic E-state index is -1.34. The van der Waals surface area contributed by atoms with Crippen LogP contribution in [-0.4, -0.2) is 42.8 Å². The van der Waals surface area contributed by atoms with E-state index >= 15 is 0 Å². The van der Waals surface area contributed by atoms with E-state index in [1.54, 1.807) is 6.92 Å². The van der Waals surface area contributed by atoms with Gasteiger partial charge in [-0.05, 0) is 25.5 Å². The fourth-order valence-electron chi connectivity index (χ4n) is 2.02. The lowest BCUT2D eigenvalue weighted by atomic mass is 9.98. The number of benzene rings is 1. The Bertz CT molecular complexity index is 583. The Balaban J connectivity index is 2.32. The highest BCUT2D eigenvalue weighted by Gasteiger charge is 2.33. The number of carbonyl (C=O) groups excluding carboxylic acids is 1. The first-order valence-electron chi connectivity index (χ1n) is 6.95. The SMILES string of the molecule is CC[C@@](C)(NC(=O)c1cc(OC)c2c(c1)OCCO2)C(=O)O. The van der Waals surface area contributed by atoms with Crippen molar-refractivity contribution in [2.24, 2.45) is 0 Å². The molecule has 1 atom stereocenters. The zero-order chi connectivity index (χ0) is 16.3. The molecule has 0 unspecified atom stereocenters. The number of rotatable bonds is 5. The Hall–Kier alpha value is -2.44. The van der Waals surface area contributed by atoms with Crippen LogP contribution in [0, 0.1) is 0 Å². The molecule has 0 radical (unpaired) electrons. The molecule has 7 nitrogen and oxygen atoms in total. The second-order valence-electron chi connectivity index (χ2n) is 5.15. The number of nitrogens with one attached hydrogen (secondary N) is 1. The number of methoxy groups -OCH3 is 1. The van der Waals surface area contributed by atoms with Gasteiger partial charge in [-0.3, -0.25) is 4.79 Å². The summed E-state index contributed by atoms with van der Waals surface area (Å²) >= 11 is 0. The third kappa shape index (κ3) is 2.93. The Kier molecular flexibility index (Phi) is 4.44. The summed E-state index contributed by atoms with van der Waals surface area (Å²) in [5.41, 5.74) is -1.08. The van der Waals surface area contributed by atoms with Crippen molar-refractivity contribution in [2.45, 2.75) is 25.8 Å². The van der Waals surface area contributed by atoms with Gasteiger partial charge in [0.25, 0.3) is 5.91 Å². The van der Waals surface area contributed by atoms with Crippen LogP contribution in [0.2, 0.25) is 0 Å². The van der Waals surface area contributed by atoms with Crippen LogP contribution in [0.3, 0.4) is 0 Å². The summed E-state index contributed by atoms with van der Waals surface area (Å²) in [6.45, 7) is 3.94. The van der Waals surface area contributed by atoms with Crippen LogP contribution in [0.4, 0.5) is 0 Å². The molecule has 1 aromatic rings. The van der Waals surface area contributed by atoms with E-state index in [9.17, 15) is 14.7 Å². The van der Waals surface area contributed by atoms with Crippen molar-refractivity contribution >= 4 is 11.9 Å². The molecule has 0 aliphatic carbocycles. The number of fused-ring (bicyclic) bond motifs is 1. The zero-order valence-electron chi connectivity index (χ0n) is 12.8. The molecule has 7 heteroatoms. The lowest BCUT2D eigenvalue weighted by Gasteiger charge is -2.25. The van der Waals surface area contributed by atoms with Gasteiger partial charge >= 0.3 is 5.97 Å². The maximum absolute atomic E-state index is 12.4. The summed E-state index contributed by atoms with van der Waals surface area (Å²) in [7, 11) is 1.46. The highest BCUT2D eigenvalue weighted by molar-refractivity contribution is 5.98. The number of hydrogen-bond donors (Lipinski definition) is 2. The molecule has 1 aliphatic heterocycles. The van der Waals surface area contributed by atoms with Gasteiger partial charge in [-0.1, -0.05) is 6.92 Å². The van der Waals surface area contributed by atoms with Crippen LogP contribution in [0.1, 0.15) is 30.6 Å². The summed E-state index contributed by atoms with van der Waals surface area (Å²) in [5, 5.41) is 11.8. The molecule has 22 heavy (non-hydrogen) atoms. The first-order valence-corrected chi connectivity index (χ1v) is 6.95. The molecular formula is C15H19NO6. The minimum absolute atomic E-state index is 0.252. The fourth-order valence-corrected chi connectivity index (χ4v) is 2.02. The molecule has 1 amide bonds.